The van der Waals surface area contributed by atoms with Crippen molar-refractivity contribution >= 4 is 41.1 Å². The van der Waals surface area contributed by atoms with Crippen molar-refractivity contribution in [1.82, 2.24) is 0 Å². The van der Waals surface area contributed by atoms with Crippen LogP contribution in [-0.4, -0.2) is 28.7 Å². The number of benzene rings is 1. The molecule has 0 spiro atoms. The summed E-state index contributed by atoms with van der Waals surface area (Å²) in [5, 5.41) is 0.624. The fraction of sp³-hybridized carbons (Fsp3) is 0.364. The van der Waals surface area contributed by atoms with Crippen LogP contribution in [0.15, 0.2) is 24.3 Å². The number of hydrogen-bond donors (Lipinski definition) is 0. The lowest BCUT2D eigenvalue weighted by molar-refractivity contribution is 0.0486. The molecule has 1 aromatic rings. The van der Waals surface area contributed by atoms with E-state index in [0.717, 1.165) is 17.3 Å². The highest BCUT2D eigenvalue weighted by Gasteiger charge is 2.19. The van der Waals surface area contributed by atoms with Crippen LogP contribution in [0.25, 0.3) is 0 Å². The van der Waals surface area contributed by atoms with Crippen molar-refractivity contribution in [3.63, 3.8) is 0 Å². The van der Waals surface area contributed by atoms with Crippen molar-refractivity contribution in [2.45, 2.75) is 5.44 Å². The van der Waals surface area contributed by atoms with Gasteiger partial charge in [-0.25, -0.2) is 4.79 Å². The zero-order valence-electron chi connectivity index (χ0n) is 8.52. The summed E-state index contributed by atoms with van der Waals surface area (Å²) in [5.74, 6) is 2.80. The van der Waals surface area contributed by atoms with Gasteiger partial charge in [0.1, 0.15) is 0 Å². The van der Waals surface area contributed by atoms with E-state index in [4.69, 9.17) is 16.3 Å². The zero-order chi connectivity index (χ0) is 11.4. The van der Waals surface area contributed by atoms with E-state index in [2.05, 4.69) is 0 Å². The zero-order valence-corrected chi connectivity index (χ0v) is 10.9. The fourth-order valence-electron chi connectivity index (χ4n) is 1.31. The molecule has 5 heteroatoms. The van der Waals surface area contributed by atoms with Gasteiger partial charge in [0.2, 0.25) is 0 Å². The molecule has 1 saturated heterocycles. The molecule has 0 bridgehead atoms. The highest BCUT2D eigenvalue weighted by molar-refractivity contribution is 8.06. The van der Waals surface area contributed by atoms with Crippen molar-refractivity contribution in [2.75, 3.05) is 17.3 Å². The Morgan fingerprint density at radius 2 is 2.06 bits per heavy atom. The van der Waals surface area contributed by atoms with Gasteiger partial charge in [-0.15, -0.1) is 11.8 Å². The van der Waals surface area contributed by atoms with E-state index < -0.39 is 0 Å². The van der Waals surface area contributed by atoms with Gasteiger partial charge in [-0.1, -0.05) is 11.6 Å². The summed E-state index contributed by atoms with van der Waals surface area (Å²) in [6, 6.07) is 6.76. The van der Waals surface area contributed by atoms with E-state index in [1.165, 1.54) is 0 Å². The summed E-state index contributed by atoms with van der Waals surface area (Å²) in [7, 11) is 0. The molecule has 1 aliphatic rings. The van der Waals surface area contributed by atoms with Crippen molar-refractivity contribution in [3.05, 3.63) is 34.9 Å². The Balaban J connectivity index is 1.94. The first-order valence-corrected chi connectivity index (χ1v) is 7.50. The van der Waals surface area contributed by atoms with Crippen LogP contribution in [0.5, 0.6) is 0 Å². The summed E-state index contributed by atoms with van der Waals surface area (Å²) in [4.78, 5) is 11.7. The first-order valence-electron chi connectivity index (χ1n) is 4.91. The Morgan fingerprint density at radius 1 is 1.31 bits per heavy atom. The molecule has 0 aliphatic carbocycles. The molecular weight excluding hydrogens is 264 g/mol. The van der Waals surface area contributed by atoms with Crippen molar-refractivity contribution in [1.29, 1.82) is 0 Å². The summed E-state index contributed by atoms with van der Waals surface area (Å²) < 4.78 is 5.38. The van der Waals surface area contributed by atoms with Crippen molar-refractivity contribution < 1.29 is 9.53 Å². The molecule has 1 unspecified atom stereocenters. The molecule has 1 heterocycles. The quantitative estimate of drug-likeness (QED) is 0.773. The van der Waals surface area contributed by atoms with E-state index in [1.807, 2.05) is 11.8 Å². The number of ether oxygens (including phenoxy) is 1. The second kappa shape index (κ2) is 5.84. The smallest absolute Gasteiger partial charge is 0.339 e. The Kier molecular flexibility index (Phi) is 4.44. The third-order valence-electron chi connectivity index (χ3n) is 2.10. The van der Waals surface area contributed by atoms with Gasteiger partial charge in [0.15, 0.2) is 5.44 Å². The van der Waals surface area contributed by atoms with Crippen molar-refractivity contribution in [3.8, 4) is 0 Å². The predicted octanol–water partition coefficient (Wildman–Crippen LogP) is 3.30. The number of esters is 1. The number of carbonyl (C=O) groups excluding carboxylic acids is 1. The molecular formula is C11H11ClO2S2. The average molecular weight is 275 g/mol. The minimum atomic E-state index is -0.267. The maximum atomic E-state index is 11.7. The molecule has 86 valence electrons. The second-order valence-corrected chi connectivity index (χ2v) is 6.14. The van der Waals surface area contributed by atoms with E-state index in [0.29, 0.717) is 10.6 Å². The van der Waals surface area contributed by atoms with Gasteiger partial charge < -0.3 is 4.74 Å². The second-order valence-electron chi connectivity index (χ2n) is 3.29. The summed E-state index contributed by atoms with van der Waals surface area (Å²) in [6.07, 6.45) is 0. The minimum absolute atomic E-state index is 0.0121. The predicted molar refractivity (Wildman–Crippen MR) is 70.4 cm³/mol. The Labute approximate surface area is 108 Å². The highest BCUT2D eigenvalue weighted by Crippen LogP contribution is 2.25. The molecule has 2 nitrogen and oxygen atoms in total. The van der Waals surface area contributed by atoms with Crippen LogP contribution in [0.3, 0.4) is 0 Å². The number of carbonyl (C=O) groups is 1. The molecule has 1 fully saturated rings. The van der Waals surface area contributed by atoms with Crippen LogP contribution in [0, 0.1) is 0 Å². The van der Waals surface area contributed by atoms with Gasteiger partial charge >= 0.3 is 5.97 Å². The largest absolute Gasteiger partial charge is 0.447 e. The number of hydrogen-bond acceptors (Lipinski definition) is 4. The van der Waals surface area contributed by atoms with Gasteiger partial charge in [-0.2, -0.15) is 11.8 Å². The Morgan fingerprint density at radius 3 is 2.69 bits per heavy atom. The van der Waals surface area contributed by atoms with E-state index in [-0.39, 0.29) is 11.4 Å². The SMILES string of the molecule is O=C(OC1CSCCS1)c1ccc(Cl)cc1. The first-order chi connectivity index (χ1) is 7.75. The monoisotopic (exact) mass is 274 g/mol. The van der Waals surface area contributed by atoms with E-state index in [1.54, 1.807) is 36.0 Å². The van der Waals surface area contributed by atoms with Gasteiger partial charge in [0, 0.05) is 22.3 Å². The van der Waals surface area contributed by atoms with Gasteiger partial charge in [0.05, 0.1) is 5.56 Å². The molecule has 1 atom stereocenters. The van der Waals surface area contributed by atoms with Crippen molar-refractivity contribution in [2.24, 2.45) is 0 Å². The topological polar surface area (TPSA) is 26.3 Å². The molecule has 0 aromatic heterocycles. The minimum Gasteiger partial charge on any atom is -0.447 e. The third-order valence-corrected chi connectivity index (χ3v) is 4.93. The molecule has 1 aromatic carbocycles. The third kappa shape index (κ3) is 3.34. The average Bonchev–Trinajstić information content (AvgIpc) is 2.31. The number of halogens is 1. The van der Waals surface area contributed by atoms with Gasteiger partial charge in [-0.05, 0) is 24.3 Å². The van der Waals surface area contributed by atoms with Gasteiger partial charge in [-0.3, -0.25) is 0 Å². The molecule has 0 N–H and O–H groups in total. The van der Waals surface area contributed by atoms with E-state index >= 15 is 0 Å². The molecule has 2 rings (SSSR count). The molecule has 0 saturated carbocycles. The lowest BCUT2D eigenvalue weighted by Crippen LogP contribution is -2.21. The summed E-state index contributed by atoms with van der Waals surface area (Å²) >= 11 is 9.27. The molecule has 0 amide bonds. The van der Waals surface area contributed by atoms with Crippen LogP contribution in [-0.2, 0) is 4.74 Å². The van der Waals surface area contributed by atoms with Crippen LogP contribution in [0.2, 0.25) is 5.02 Å². The van der Waals surface area contributed by atoms with Gasteiger partial charge in [0.25, 0.3) is 0 Å². The lowest BCUT2D eigenvalue weighted by Gasteiger charge is -2.20. The van der Waals surface area contributed by atoms with Crippen LogP contribution in [0.1, 0.15) is 10.4 Å². The van der Waals surface area contributed by atoms with Crippen LogP contribution in [0.4, 0.5) is 0 Å². The molecule has 1 aliphatic heterocycles. The number of rotatable bonds is 2. The molecule has 16 heavy (non-hydrogen) atoms. The maximum Gasteiger partial charge on any atom is 0.339 e. The normalized spacial score (nSPS) is 20.4. The Bertz CT molecular complexity index is 361. The lowest BCUT2D eigenvalue weighted by atomic mass is 10.2. The fourth-order valence-corrected chi connectivity index (χ4v) is 3.81. The standard InChI is InChI=1S/C11H11ClO2S2/c12-9-3-1-8(2-4-9)11(13)14-10-7-15-5-6-16-10/h1-4,10H,5-7H2. The Hall–Kier alpha value is -0.320. The highest BCUT2D eigenvalue weighted by atomic mass is 35.5. The summed E-state index contributed by atoms with van der Waals surface area (Å²) in [6.45, 7) is 0. The number of thioether (sulfide) groups is 2. The van der Waals surface area contributed by atoms with Crippen LogP contribution < -0.4 is 0 Å². The maximum absolute atomic E-state index is 11.7. The van der Waals surface area contributed by atoms with Crippen LogP contribution >= 0.6 is 35.1 Å². The first kappa shape index (κ1) is 12.1. The molecule has 0 radical (unpaired) electrons. The summed E-state index contributed by atoms with van der Waals surface area (Å²) in [5.41, 5.74) is 0.544. The van der Waals surface area contributed by atoms with E-state index in [9.17, 15) is 4.79 Å².